The molecule has 1 atom stereocenters. The number of nitrogens with one attached hydrogen (secondary N) is 2. The number of benzene rings is 1. The van der Waals surface area contributed by atoms with Crippen molar-refractivity contribution in [3.05, 3.63) is 46.4 Å². The van der Waals surface area contributed by atoms with E-state index in [1.807, 2.05) is 23.7 Å². The van der Waals surface area contributed by atoms with Gasteiger partial charge in [0.1, 0.15) is 6.10 Å². The summed E-state index contributed by atoms with van der Waals surface area (Å²) in [5.74, 6) is -0.102. The highest BCUT2D eigenvalue weighted by Gasteiger charge is 2.21. The molecule has 1 fully saturated rings. The van der Waals surface area contributed by atoms with E-state index >= 15 is 0 Å². The van der Waals surface area contributed by atoms with Crippen molar-refractivity contribution >= 4 is 47.7 Å². The number of halogens is 2. The minimum Gasteiger partial charge on any atom is -0.366 e. The minimum absolute atomic E-state index is 0. The number of hydrogen-bond donors (Lipinski definition) is 2. The van der Waals surface area contributed by atoms with Gasteiger partial charge < -0.3 is 15.4 Å². The van der Waals surface area contributed by atoms with Gasteiger partial charge in [-0.2, -0.15) is 0 Å². The average molecular weight is 419 g/mol. The Balaban J connectivity index is 0.00000169. The summed E-state index contributed by atoms with van der Waals surface area (Å²) >= 11 is 1.61. The average Bonchev–Trinajstić information content (AvgIpc) is 3.08. The van der Waals surface area contributed by atoms with E-state index in [1.54, 1.807) is 11.3 Å². The van der Waals surface area contributed by atoms with Crippen LogP contribution in [0.15, 0.2) is 35.2 Å². The predicted octanol–water partition coefficient (Wildman–Crippen LogP) is 2.55. The topological polar surface area (TPSA) is 66.5 Å². The van der Waals surface area contributed by atoms with Crippen LogP contribution in [0, 0.1) is 0 Å². The molecule has 1 aromatic carbocycles. The Hall–Kier alpha value is -1.22. The second kappa shape index (κ2) is 11.5. The third kappa shape index (κ3) is 6.83. The predicted molar refractivity (Wildman–Crippen MR) is 109 cm³/mol. The third-order valence-corrected chi connectivity index (χ3v) is 4.42. The maximum absolute atomic E-state index is 12.2. The molecule has 1 aliphatic heterocycles. The standard InChI is InChI=1S/C17H22N4O2S.2ClH/c1-21(10-15-11-24-12-19-15)9-13-3-2-4-14(7-13)20-17(22)16-8-18-5-6-23-16;;/h2-4,7,11-12,16,18H,5-6,8-10H2,1H3,(H,20,22);2*1H. The lowest BCUT2D eigenvalue weighted by atomic mass is 10.1. The van der Waals surface area contributed by atoms with Crippen LogP contribution in [0.5, 0.6) is 0 Å². The highest BCUT2D eigenvalue weighted by molar-refractivity contribution is 7.07. The first-order valence-corrected chi connectivity index (χ1v) is 8.93. The van der Waals surface area contributed by atoms with Gasteiger partial charge in [0.25, 0.3) is 5.91 Å². The smallest absolute Gasteiger partial charge is 0.254 e. The van der Waals surface area contributed by atoms with Crippen LogP contribution in [0.2, 0.25) is 0 Å². The first-order valence-electron chi connectivity index (χ1n) is 7.98. The summed E-state index contributed by atoms with van der Waals surface area (Å²) in [7, 11) is 2.06. The van der Waals surface area contributed by atoms with E-state index < -0.39 is 6.10 Å². The molecule has 1 aliphatic rings. The molecule has 0 bridgehead atoms. The van der Waals surface area contributed by atoms with Crippen molar-refractivity contribution < 1.29 is 9.53 Å². The van der Waals surface area contributed by atoms with E-state index in [1.165, 1.54) is 0 Å². The number of amides is 1. The zero-order valence-electron chi connectivity index (χ0n) is 14.5. The summed E-state index contributed by atoms with van der Waals surface area (Å²) in [6.45, 7) is 3.52. The maximum Gasteiger partial charge on any atom is 0.254 e. The number of thiazole rings is 1. The number of nitrogens with zero attached hydrogens (tertiary/aromatic N) is 2. The van der Waals surface area contributed by atoms with Gasteiger partial charge in [0, 0.05) is 37.2 Å². The van der Waals surface area contributed by atoms with Crippen molar-refractivity contribution in [2.45, 2.75) is 19.2 Å². The molecule has 2 N–H and O–H groups in total. The Kier molecular flexibility index (Phi) is 10.1. The van der Waals surface area contributed by atoms with Crippen molar-refractivity contribution in [1.82, 2.24) is 15.2 Å². The summed E-state index contributed by atoms with van der Waals surface area (Å²) in [5, 5.41) is 8.16. The van der Waals surface area contributed by atoms with Gasteiger partial charge in [-0.05, 0) is 24.7 Å². The fourth-order valence-electron chi connectivity index (χ4n) is 2.66. The Morgan fingerprint density at radius 3 is 2.96 bits per heavy atom. The molecule has 0 aliphatic carbocycles. The van der Waals surface area contributed by atoms with Gasteiger partial charge in [-0.3, -0.25) is 9.69 Å². The zero-order valence-corrected chi connectivity index (χ0v) is 17.0. The van der Waals surface area contributed by atoms with E-state index in [-0.39, 0.29) is 30.7 Å². The SMILES string of the molecule is CN(Cc1cccc(NC(=O)C2CNCCO2)c1)Cc1cscn1.Cl.Cl. The Morgan fingerprint density at radius 1 is 1.42 bits per heavy atom. The van der Waals surface area contributed by atoms with Crippen LogP contribution < -0.4 is 10.6 Å². The quantitative estimate of drug-likeness (QED) is 0.754. The van der Waals surface area contributed by atoms with Crippen LogP contribution in [-0.2, 0) is 22.6 Å². The molecule has 2 aromatic rings. The molecule has 1 saturated heterocycles. The van der Waals surface area contributed by atoms with Crippen LogP contribution in [0.4, 0.5) is 5.69 Å². The van der Waals surface area contributed by atoms with E-state index in [4.69, 9.17) is 4.74 Å². The van der Waals surface area contributed by atoms with Gasteiger partial charge in [0.2, 0.25) is 0 Å². The van der Waals surface area contributed by atoms with Crippen molar-refractivity contribution in [1.29, 1.82) is 0 Å². The lowest BCUT2D eigenvalue weighted by molar-refractivity contribution is -0.128. The lowest BCUT2D eigenvalue weighted by Gasteiger charge is -2.23. The largest absolute Gasteiger partial charge is 0.366 e. The summed E-state index contributed by atoms with van der Waals surface area (Å²) < 4.78 is 5.48. The number of anilines is 1. The summed E-state index contributed by atoms with van der Waals surface area (Å²) in [5.41, 5.74) is 4.87. The number of ether oxygens (including phenoxy) is 1. The molecule has 144 valence electrons. The molecular weight excluding hydrogens is 395 g/mol. The van der Waals surface area contributed by atoms with Gasteiger partial charge in [-0.1, -0.05) is 12.1 Å². The zero-order chi connectivity index (χ0) is 16.8. The van der Waals surface area contributed by atoms with Crippen LogP contribution in [0.25, 0.3) is 0 Å². The first kappa shape index (κ1) is 22.8. The summed E-state index contributed by atoms with van der Waals surface area (Å²) in [6.07, 6.45) is -0.422. The number of morpholine rings is 1. The molecule has 0 spiro atoms. The lowest BCUT2D eigenvalue weighted by Crippen LogP contribution is -2.45. The fourth-order valence-corrected chi connectivity index (χ4v) is 3.21. The number of carbonyl (C=O) groups is 1. The summed E-state index contributed by atoms with van der Waals surface area (Å²) in [6, 6.07) is 7.93. The van der Waals surface area contributed by atoms with Crippen LogP contribution in [0.1, 0.15) is 11.3 Å². The minimum atomic E-state index is -0.422. The van der Waals surface area contributed by atoms with Crippen molar-refractivity contribution in [2.75, 3.05) is 32.1 Å². The Labute approximate surface area is 170 Å². The normalized spacial score (nSPS) is 16.5. The molecule has 6 nitrogen and oxygen atoms in total. The molecule has 9 heteroatoms. The van der Waals surface area contributed by atoms with Crippen LogP contribution in [-0.4, -0.2) is 48.6 Å². The fraction of sp³-hybridized carbons (Fsp3) is 0.412. The number of rotatable bonds is 6. The number of aromatic nitrogens is 1. The highest BCUT2D eigenvalue weighted by Crippen LogP contribution is 2.14. The molecule has 1 amide bonds. The van der Waals surface area contributed by atoms with Crippen molar-refractivity contribution in [2.24, 2.45) is 0 Å². The molecule has 0 saturated carbocycles. The van der Waals surface area contributed by atoms with Gasteiger partial charge >= 0.3 is 0 Å². The van der Waals surface area contributed by atoms with E-state index in [9.17, 15) is 4.79 Å². The van der Waals surface area contributed by atoms with E-state index in [2.05, 4.69) is 39.0 Å². The van der Waals surface area contributed by atoms with Crippen molar-refractivity contribution in [3.63, 3.8) is 0 Å². The highest BCUT2D eigenvalue weighted by atomic mass is 35.5. The second-order valence-electron chi connectivity index (χ2n) is 5.91. The van der Waals surface area contributed by atoms with Gasteiger partial charge in [-0.15, -0.1) is 36.2 Å². The Bertz CT molecular complexity index is 667. The van der Waals surface area contributed by atoms with Crippen molar-refractivity contribution in [3.8, 4) is 0 Å². The molecule has 0 radical (unpaired) electrons. The van der Waals surface area contributed by atoms with Gasteiger partial charge in [0.15, 0.2) is 0 Å². The van der Waals surface area contributed by atoms with E-state index in [0.29, 0.717) is 13.2 Å². The van der Waals surface area contributed by atoms with Gasteiger partial charge in [-0.25, -0.2) is 4.98 Å². The van der Waals surface area contributed by atoms with Gasteiger partial charge in [0.05, 0.1) is 17.8 Å². The third-order valence-electron chi connectivity index (χ3n) is 3.78. The number of hydrogen-bond acceptors (Lipinski definition) is 6. The maximum atomic E-state index is 12.2. The number of carbonyl (C=O) groups excluding carboxylic acids is 1. The summed E-state index contributed by atoms with van der Waals surface area (Å²) in [4.78, 5) is 18.7. The second-order valence-corrected chi connectivity index (χ2v) is 6.62. The molecule has 1 aromatic heterocycles. The van der Waals surface area contributed by atoms with Crippen LogP contribution in [0.3, 0.4) is 0 Å². The molecule has 26 heavy (non-hydrogen) atoms. The first-order chi connectivity index (χ1) is 11.7. The molecule has 1 unspecified atom stereocenters. The monoisotopic (exact) mass is 418 g/mol. The molecule has 3 rings (SSSR count). The van der Waals surface area contributed by atoms with Crippen LogP contribution >= 0.6 is 36.2 Å². The molecule has 2 heterocycles. The van der Waals surface area contributed by atoms with E-state index in [0.717, 1.165) is 36.6 Å². The Morgan fingerprint density at radius 2 is 2.27 bits per heavy atom. The molecular formula is C17H24Cl2N4O2S.